The molecule has 0 atom stereocenters. The smallest absolute Gasteiger partial charge is 0.410 e. The molecular weight excluding hydrogens is 332 g/mol. The molecule has 6 nitrogen and oxygen atoms in total. The van der Waals surface area contributed by atoms with Gasteiger partial charge in [0.15, 0.2) is 5.78 Å². The van der Waals surface area contributed by atoms with Crippen LogP contribution in [0, 0.1) is 6.92 Å². The zero-order valence-corrected chi connectivity index (χ0v) is 16.2. The summed E-state index contributed by atoms with van der Waals surface area (Å²) in [4.78, 5) is 37.6. The van der Waals surface area contributed by atoms with Crippen LogP contribution >= 0.6 is 0 Å². The van der Waals surface area contributed by atoms with Gasteiger partial charge in [0, 0.05) is 17.8 Å². The predicted octanol–water partition coefficient (Wildman–Crippen LogP) is 3.95. The van der Waals surface area contributed by atoms with Crippen LogP contribution in [0.15, 0.2) is 30.9 Å². The highest BCUT2D eigenvalue weighted by atomic mass is 16.6. The van der Waals surface area contributed by atoms with E-state index >= 15 is 0 Å². The number of benzene rings is 1. The third kappa shape index (κ3) is 7.09. The van der Waals surface area contributed by atoms with Gasteiger partial charge in [-0.2, -0.15) is 0 Å². The van der Waals surface area contributed by atoms with Crippen LogP contribution in [0.3, 0.4) is 0 Å². The standard InChI is InChI=1S/C20H28N2O4/c1-7-8-11-22(19(25)26-20(4,5)6)13-18(24)21-17-12-16(15(3)23)10-9-14(17)2/h7,9-10,12H,1,8,11,13H2,2-6H3,(H,21,24). The van der Waals surface area contributed by atoms with Gasteiger partial charge >= 0.3 is 6.09 Å². The molecule has 26 heavy (non-hydrogen) atoms. The lowest BCUT2D eigenvalue weighted by atomic mass is 10.1. The Labute approximate surface area is 155 Å². The molecule has 0 saturated heterocycles. The van der Waals surface area contributed by atoms with Crippen LogP contribution in [0.4, 0.5) is 10.5 Å². The maximum absolute atomic E-state index is 12.4. The highest BCUT2D eigenvalue weighted by Gasteiger charge is 2.23. The number of amides is 2. The number of carbonyl (C=O) groups excluding carboxylic acids is 3. The first kappa shape index (κ1) is 21.4. The maximum atomic E-state index is 12.4. The monoisotopic (exact) mass is 360 g/mol. The van der Waals surface area contributed by atoms with E-state index in [1.165, 1.54) is 11.8 Å². The van der Waals surface area contributed by atoms with Gasteiger partial charge in [-0.25, -0.2) is 4.79 Å². The van der Waals surface area contributed by atoms with Crippen LogP contribution < -0.4 is 5.32 Å². The number of rotatable bonds is 7. The molecule has 0 aromatic heterocycles. The van der Waals surface area contributed by atoms with Gasteiger partial charge < -0.3 is 10.1 Å². The normalized spacial score (nSPS) is 10.8. The number of hydrogen-bond acceptors (Lipinski definition) is 4. The van der Waals surface area contributed by atoms with Gasteiger partial charge in [-0.15, -0.1) is 6.58 Å². The minimum Gasteiger partial charge on any atom is -0.444 e. The molecule has 0 radical (unpaired) electrons. The van der Waals surface area contributed by atoms with Crippen molar-refractivity contribution >= 4 is 23.5 Å². The Balaban J connectivity index is 2.86. The second-order valence-electron chi connectivity index (χ2n) is 7.11. The van der Waals surface area contributed by atoms with Crippen molar-refractivity contribution in [2.24, 2.45) is 0 Å². The largest absolute Gasteiger partial charge is 0.444 e. The molecular formula is C20H28N2O4. The Hall–Kier alpha value is -2.63. The summed E-state index contributed by atoms with van der Waals surface area (Å²) < 4.78 is 5.35. The van der Waals surface area contributed by atoms with Gasteiger partial charge in [0.1, 0.15) is 12.1 Å². The SMILES string of the molecule is C=CCCN(CC(=O)Nc1cc(C(C)=O)ccc1C)C(=O)OC(C)(C)C. The summed E-state index contributed by atoms with van der Waals surface area (Å²) in [7, 11) is 0. The van der Waals surface area contributed by atoms with Crippen LogP contribution in [0.1, 0.15) is 50.0 Å². The number of nitrogens with zero attached hydrogens (tertiary/aromatic N) is 1. The van der Waals surface area contributed by atoms with Crippen molar-refractivity contribution in [2.45, 2.75) is 46.6 Å². The fraction of sp³-hybridized carbons (Fsp3) is 0.450. The highest BCUT2D eigenvalue weighted by molar-refractivity contribution is 5.98. The van der Waals surface area contributed by atoms with Crippen molar-refractivity contribution in [3.63, 3.8) is 0 Å². The van der Waals surface area contributed by atoms with Crippen molar-refractivity contribution in [1.29, 1.82) is 0 Å². The molecule has 0 unspecified atom stereocenters. The average molecular weight is 360 g/mol. The number of anilines is 1. The molecule has 0 spiro atoms. The van der Waals surface area contributed by atoms with Crippen LogP contribution in [0.2, 0.25) is 0 Å². The number of nitrogens with one attached hydrogen (secondary N) is 1. The van der Waals surface area contributed by atoms with Crippen molar-refractivity contribution in [2.75, 3.05) is 18.4 Å². The van der Waals surface area contributed by atoms with E-state index < -0.39 is 11.7 Å². The highest BCUT2D eigenvalue weighted by Crippen LogP contribution is 2.18. The Morgan fingerprint density at radius 2 is 1.92 bits per heavy atom. The molecule has 0 aliphatic rings. The van der Waals surface area contributed by atoms with E-state index in [1.807, 2.05) is 6.92 Å². The lowest BCUT2D eigenvalue weighted by molar-refractivity contribution is -0.117. The van der Waals surface area contributed by atoms with Gasteiger partial charge in [-0.05, 0) is 52.7 Å². The van der Waals surface area contributed by atoms with Crippen LogP contribution in [0.25, 0.3) is 0 Å². The van der Waals surface area contributed by atoms with Crippen LogP contribution in [0.5, 0.6) is 0 Å². The summed E-state index contributed by atoms with van der Waals surface area (Å²) in [5.74, 6) is -0.439. The molecule has 6 heteroatoms. The van der Waals surface area contributed by atoms with E-state index in [1.54, 1.807) is 45.0 Å². The van der Waals surface area contributed by atoms with Gasteiger partial charge in [-0.3, -0.25) is 14.5 Å². The Kier molecular flexibility index (Phi) is 7.56. The summed E-state index contributed by atoms with van der Waals surface area (Å²) in [6, 6.07) is 5.12. The summed E-state index contributed by atoms with van der Waals surface area (Å²) in [5.41, 5.74) is 1.25. The molecule has 0 aliphatic heterocycles. The third-order valence-corrected chi connectivity index (χ3v) is 3.51. The molecule has 1 aromatic carbocycles. The van der Waals surface area contributed by atoms with Gasteiger partial charge in [0.2, 0.25) is 5.91 Å². The molecule has 1 aromatic rings. The van der Waals surface area contributed by atoms with Gasteiger partial charge in [0.05, 0.1) is 0 Å². The number of ether oxygens (including phenoxy) is 1. The lowest BCUT2D eigenvalue weighted by Gasteiger charge is -2.27. The van der Waals surface area contributed by atoms with E-state index in [2.05, 4.69) is 11.9 Å². The Bertz CT molecular complexity index is 690. The number of ketones is 1. The lowest BCUT2D eigenvalue weighted by Crippen LogP contribution is -2.41. The molecule has 0 saturated carbocycles. The summed E-state index contributed by atoms with van der Waals surface area (Å²) in [6.45, 7) is 12.4. The first-order chi connectivity index (χ1) is 12.0. The summed E-state index contributed by atoms with van der Waals surface area (Å²) >= 11 is 0. The van der Waals surface area contributed by atoms with Crippen molar-refractivity contribution in [1.82, 2.24) is 4.90 Å². The quantitative estimate of drug-likeness (QED) is 0.590. The minimum atomic E-state index is -0.646. The van der Waals surface area contributed by atoms with Gasteiger partial charge in [0.25, 0.3) is 0 Å². The van der Waals surface area contributed by atoms with E-state index in [4.69, 9.17) is 4.74 Å². The first-order valence-electron chi connectivity index (χ1n) is 8.53. The molecule has 0 aliphatic carbocycles. The molecule has 142 valence electrons. The summed E-state index contributed by atoms with van der Waals surface area (Å²) in [5, 5.41) is 2.76. The number of hydrogen-bond donors (Lipinski definition) is 1. The molecule has 1 rings (SSSR count). The van der Waals surface area contributed by atoms with Gasteiger partial charge in [-0.1, -0.05) is 18.2 Å². The van der Waals surface area contributed by atoms with Crippen LogP contribution in [-0.4, -0.2) is 41.4 Å². The minimum absolute atomic E-state index is 0.0816. The second-order valence-corrected chi connectivity index (χ2v) is 7.11. The number of carbonyl (C=O) groups is 3. The second kappa shape index (κ2) is 9.17. The van der Waals surface area contributed by atoms with Crippen LogP contribution in [-0.2, 0) is 9.53 Å². The molecule has 2 amide bonds. The first-order valence-corrected chi connectivity index (χ1v) is 8.53. The average Bonchev–Trinajstić information content (AvgIpc) is 2.51. The van der Waals surface area contributed by atoms with E-state index in [9.17, 15) is 14.4 Å². The Morgan fingerprint density at radius 3 is 2.46 bits per heavy atom. The number of Topliss-reactive ketones (excluding diaryl/α,β-unsaturated/α-hetero) is 1. The summed E-state index contributed by atoms with van der Waals surface area (Å²) in [6.07, 6.45) is 1.67. The van der Waals surface area contributed by atoms with E-state index in [0.29, 0.717) is 24.2 Å². The third-order valence-electron chi connectivity index (χ3n) is 3.51. The zero-order chi connectivity index (χ0) is 19.9. The number of aryl methyl sites for hydroxylation is 1. The fourth-order valence-corrected chi connectivity index (χ4v) is 2.15. The van der Waals surface area contributed by atoms with Crippen molar-refractivity contribution in [3.8, 4) is 0 Å². The fourth-order valence-electron chi connectivity index (χ4n) is 2.15. The van der Waals surface area contributed by atoms with Crippen molar-refractivity contribution in [3.05, 3.63) is 42.0 Å². The maximum Gasteiger partial charge on any atom is 0.410 e. The molecule has 1 N–H and O–H groups in total. The van der Waals surface area contributed by atoms with E-state index in [-0.39, 0.29) is 18.2 Å². The molecule has 0 heterocycles. The van der Waals surface area contributed by atoms with Crippen molar-refractivity contribution < 1.29 is 19.1 Å². The topological polar surface area (TPSA) is 75.7 Å². The zero-order valence-electron chi connectivity index (χ0n) is 16.2. The van der Waals surface area contributed by atoms with E-state index in [0.717, 1.165) is 5.56 Å². The Morgan fingerprint density at radius 1 is 1.27 bits per heavy atom. The molecule has 0 bridgehead atoms. The predicted molar refractivity (Wildman–Crippen MR) is 102 cm³/mol. The molecule has 0 fully saturated rings.